The minimum absolute atomic E-state index is 0.114. The molecule has 2 unspecified atom stereocenters. The summed E-state index contributed by atoms with van der Waals surface area (Å²) in [4.78, 5) is 13.5. The fourth-order valence-corrected chi connectivity index (χ4v) is 6.47. The van der Waals surface area contributed by atoms with Crippen LogP contribution in [0.25, 0.3) is 16.3 Å². The maximum absolute atomic E-state index is 13.4. The molecule has 35 heavy (non-hydrogen) atoms. The Morgan fingerprint density at radius 2 is 1.51 bits per heavy atom. The van der Waals surface area contributed by atoms with Gasteiger partial charge in [0, 0.05) is 11.6 Å². The third-order valence-electron chi connectivity index (χ3n) is 7.30. The van der Waals surface area contributed by atoms with E-state index in [1.807, 2.05) is 24.3 Å². The van der Waals surface area contributed by atoms with Crippen LogP contribution in [0.15, 0.2) is 95.4 Å². The summed E-state index contributed by atoms with van der Waals surface area (Å²) in [5.41, 5.74) is 6.97. The van der Waals surface area contributed by atoms with Gasteiger partial charge in [-0.25, -0.2) is 13.1 Å². The van der Waals surface area contributed by atoms with Gasteiger partial charge < -0.3 is 5.32 Å². The van der Waals surface area contributed by atoms with E-state index in [1.165, 1.54) is 18.5 Å². The third-order valence-corrected chi connectivity index (χ3v) is 8.71. The van der Waals surface area contributed by atoms with E-state index in [9.17, 15) is 13.2 Å². The molecular weight excluding hydrogens is 456 g/mol. The Morgan fingerprint density at radius 3 is 2.34 bits per heavy atom. The summed E-state index contributed by atoms with van der Waals surface area (Å²) in [6.07, 6.45) is 0. The molecule has 0 saturated heterocycles. The van der Waals surface area contributed by atoms with Crippen molar-refractivity contribution in [3.8, 4) is 0 Å². The molecule has 1 amide bonds. The molecule has 4 aromatic rings. The lowest BCUT2D eigenvalue weighted by Crippen LogP contribution is -2.20. The van der Waals surface area contributed by atoms with Crippen LogP contribution in [0.5, 0.6) is 0 Å². The number of carbonyl (C=O) groups is 1. The predicted molar refractivity (Wildman–Crippen MR) is 139 cm³/mol. The van der Waals surface area contributed by atoms with Crippen LogP contribution in [0, 0.1) is 0 Å². The summed E-state index contributed by atoms with van der Waals surface area (Å²) < 4.78 is 27.4. The average molecular weight is 481 g/mol. The molecule has 1 heterocycles. The van der Waals surface area contributed by atoms with Crippen LogP contribution in [0.4, 0.5) is 5.69 Å². The highest BCUT2D eigenvalue weighted by atomic mass is 32.2. The van der Waals surface area contributed by atoms with Gasteiger partial charge in [-0.2, -0.15) is 0 Å². The van der Waals surface area contributed by atoms with E-state index in [-0.39, 0.29) is 16.7 Å². The van der Waals surface area contributed by atoms with Gasteiger partial charge in [0.15, 0.2) is 0 Å². The Hall–Kier alpha value is -3.74. The second-order valence-corrected chi connectivity index (χ2v) is 11.0. The number of nitrogens with one attached hydrogen (secondary N) is 2. The Kier molecular flexibility index (Phi) is 4.91. The van der Waals surface area contributed by atoms with Crippen LogP contribution in [-0.4, -0.2) is 21.4 Å². The van der Waals surface area contributed by atoms with Gasteiger partial charge in [-0.3, -0.25) is 4.79 Å². The lowest BCUT2D eigenvalue weighted by Gasteiger charge is -2.21. The van der Waals surface area contributed by atoms with E-state index < -0.39 is 15.9 Å². The van der Waals surface area contributed by atoms with E-state index in [2.05, 4.69) is 59.4 Å². The fraction of sp³-hybridized carbons (Fsp3) is 0.138. The van der Waals surface area contributed by atoms with Crippen LogP contribution in [0.2, 0.25) is 0 Å². The first-order chi connectivity index (χ1) is 16.9. The van der Waals surface area contributed by atoms with E-state index in [1.54, 1.807) is 12.1 Å². The second-order valence-electron chi connectivity index (χ2n) is 9.07. The highest BCUT2D eigenvalue weighted by molar-refractivity contribution is 7.89. The smallest absolute Gasteiger partial charge is 0.240 e. The van der Waals surface area contributed by atoms with Crippen LogP contribution in [-0.2, 0) is 14.8 Å². The molecule has 1 aliphatic carbocycles. The number of carbonyl (C=O) groups excluding carboxylic acids is 1. The van der Waals surface area contributed by atoms with Crippen LogP contribution < -0.4 is 10.0 Å². The van der Waals surface area contributed by atoms with Crippen LogP contribution in [0.3, 0.4) is 0 Å². The quantitative estimate of drug-likeness (QED) is 0.411. The Labute approximate surface area is 204 Å². The van der Waals surface area contributed by atoms with Gasteiger partial charge in [0.25, 0.3) is 0 Å². The summed E-state index contributed by atoms with van der Waals surface area (Å²) in [5.74, 6) is -0.836. The number of anilines is 1. The summed E-state index contributed by atoms with van der Waals surface area (Å²) in [5, 5.41) is 5.31. The number of sulfonamides is 1. The summed E-state index contributed by atoms with van der Waals surface area (Å²) in [7, 11) is -2.25. The SMILES string of the molecule is CNS(=O)(=O)c1ccc2c(c1)C(C1C(C)=C(c3cccc4ccccc34)c3ccccc31)C(=O)N2. The maximum Gasteiger partial charge on any atom is 0.240 e. The number of hydrogen-bond donors (Lipinski definition) is 2. The number of rotatable bonds is 4. The van der Waals surface area contributed by atoms with Crippen molar-refractivity contribution in [1.29, 1.82) is 0 Å². The Bertz CT molecular complexity index is 1670. The van der Waals surface area contributed by atoms with Gasteiger partial charge in [0.2, 0.25) is 15.9 Å². The molecule has 2 aliphatic rings. The van der Waals surface area contributed by atoms with Crippen molar-refractivity contribution < 1.29 is 13.2 Å². The van der Waals surface area contributed by atoms with Gasteiger partial charge >= 0.3 is 0 Å². The maximum atomic E-state index is 13.4. The highest BCUT2D eigenvalue weighted by Crippen LogP contribution is 2.54. The van der Waals surface area contributed by atoms with Crippen molar-refractivity contribution in [2.24, 2.45) is 0 Å². The normalized spacial score (nSPS) is 19.1. The van der Waals surface area contributed by atoms with Crippen molar-refractivity contribution >= 4 is 38.0 Å². The number of fused-ring (bicyclic) bond motifs is 3. The zero-order valence-corrected chi connectivity index (χ0v) is 20.2. The van der Waals surface area contributed by atoms with Gasteiger partial charge in [-0.05, 0) is 70.8 Å². The van der Waals surface area contributed by atoms with E-state index in [4.69, 9.17) is 0 Å². The molecular formula is C29H24N2O3S. The predicted octanol–water partition coefficient (Wildman–Crippen LogP) is 5.40. The lowest BCUT2D eigenvalue weighted by molar-refractivity contribution is -0.117. The largest absolute Gasteiger partial charge is 0.325 e. The molecule has 6 heteroatoms. The number of allylic oxidation sites excluding steroid dienone is 1. The van der Waals surface area contributed by atoms with Gasteiger partial charge in [-0.15, -0.1) is 0 Å². The zero-order valence-electron chi connectivity index (χ0n) is 19.4. The number of amides is 1. The zero-order chi connectivity index (χ0) is 24.3. The summed E-state index contributed by atoms with van der Waals surface area (Å²) in [6.45, 7) is 2.10. The molecule has 6 rings (SSSR count). The fourth-order valence-electron chi connectivity index (χ4n) is 5.71. The molecule has 1 aliphatic heterocycles. The van der Waals surface area contributed by atoms with E-state index in [0.29, 0.717) is 11.3 Å². The van der Waals surface area contributed by atoms with Gasteiger partial charge in [-0.1, -0.05) is 72.3 Å². The first-order valence-electron chi connectivity index (χ1n) is 11.6. The van der Waals surface area contributed by atoms with Crippen molar-refractivity contribution in [2.75, 3.05) is 12.4 Å². The molecule has 5 nitrogen and oxygen atoms in total. The average Bonchev–Trinajstić information content (AvgIpc) is 3.35. The topological polar surface area (TPSA) is 75.3 Å². The van der Waals surface area contributed by atoms with Crippen molar-refractivity contribution in [3.63, 3.8) is 0 Å². The first-order valence-corrected chi connectivity index (χ1v) is 13.1. The van der Waals surface area contributed by atoms with Gasteiger partial charge in [0.05, 0.1) is 10.8 Å². The van der Waals surface area contributed by atoms with Crippen molar-refractivity contribution in [3.05, 3.63) is 113 Å². The summed E-state index contributed by atoms with van der Waals surface area (Å²) in [6, 6.07) is 27.7. The second kappa shape index (κ2) is 7.90. The highest BCUT2D eigenvalue weighted by Gasteiger charge is 2.43. The van der Waals surface area contributed by atoms with Crippen LogP contribution in [0.1, 0.15) is 41.0 Å². The Balaban J connectivity index is 1.58. The number of benzene rings is 4. The molecule has 0 bridgehead atoms. The molecule has 2 atom stereocenters. The third kappa shape index (κ3) is 3.25. The molecule has 0 fully saturated rings. The monoisotopic (exact) mass is 480 g/mol. The van der Waals surface area contributed by atoms with Crippen LogP contribution >= 0.6 is 0 Å². The minimum Gasteiger partial charge on any atom is -0.325 e. The number of hydrogen-bond acceptors (Lipinski definition) is 3. The first kappa shape index (κ1) is 21.8. The molecule has 4 aromatic carbocycles. The van der Waals surface area contributed by atoms with Crippen molar-refractivity contribution in [1.82, 2.24) is 4.72 Å². The molecule has 2 N–H and O–H groups in total. The molecule has 0 saturated carbocycles. The van der Waals surface area contributed by atoms with Crippen molar-refractivity contribution in [2.45, 2.75) is 23.7 Å². The minimum atomic E-state index is -3.64. The molecule has 174 valence electrons. The van der Waals surface area contributed by atoms with E-state index in [0.717, 1.165) is 33.2 Å². The molecule has 0 spiro atoms. The lowest BCUT2D eigenvalue weighted by atomic mass is 9.80. The van der Waals surface area contributed by atoms with E-state index >= 15 is 0 Å². The Morgan fingerprint density at radius 1 is 0.800 bits per heavy atom. The van der Waals surface area contributed by atoms with Gasteiger partial charge in [0.1, 0.15) is 0 Å². The molecule has 0 radical (unpaired) electrons. The molecule has 0 aromatic heterocycles. The summed E-state index contributed by atoms with van der Waals surface area (Å²) >= 11 is 0. The standard InChI is InChI=1S/C29H24N2O3S/c1-17-26(21-13-7-9-18-8-3-4-10-20(18)21)22-11-5-6-12-23(22)27(17)28-24-16-19(35(33,34)30-2)14-15-25(24)31-29(28)32/h3-16,27-28,30H,1-2H3,(H,31,32).